The SMILES string of the molecule is COc1ccc(C(F)(F)F)cc1C(=O)C(Br)CBr. The largest absolute Gasteiger partial charge is 0.496 e. The van der Waals surface area contributed by atoms with Gasteiger partial charge in [0.2, 0.25) is 0 Å². The molecule has 0 saturated carbocycles. The lowest BCUT2D eigenvalue weighted by Crippen LogP contribution is -2.17. The summed E-state index contributed by atoms with van der Waals surface area (Å²) < 4.78 is 42.6. The van der Waals surface area contributed by atoms with Crippen molar-refractivity contribution in [1.29, 1.82) is 0 Å². The normalized spacial score (nSPS) is 13.2. The number of ether oxygens (including phenoxy) is 1. The second-order valence-electron chi connectivity index (χ2n) is 3.40. The van der Waals surface area contributed by atoms with Gasteiger partial charge < -0.3 is 4.74 Å². The Labute approximate surface area is 119 Å². The standard InChI is InChI=1S/C11H9Br2F3O2/c1-18-9-3-2-6(11(14,15)16)4-7(9)10(17)8(13)5-12/h2-4,8H,5H2,1H3. The van der Waals surface area contributed by atoms with Gasteiger partial charge in [0, 0.05) is 5.33 Å². The number of hydrogen-bond donors (Lipinski definition) is 0. The van der Waals surface area contributed by atoms with Gasteiger partial charge in [0.1, 0.15) is 5.75 Å². The summed E-state index contributed by atoms with van der Waals surface area (Å²) in [7, 11) is 1.30. The van der Waals surface area contributed by atoms with E-state index in [2.05, 4.69) is 31.9 Å². The fourth-order valence-electron chi connectivity index (χ4n) is 1.32. The van der Waals surface area contributed by atoms with Crippen LogP contribution in [0, 0.1) is 0 Å². The Morgan fingerprint density at radius 3 is 2.50 bits per heavy atom. The van der Waals surface area contributed by atoms with E-state index < -0.39 is 22.4 Å². The zero-order valence-electron chi connectivity index (χ0n) is 9.22. The van der Waals surface area contributed by atoms with Crippen LogP contribution in [0.2, 0.25) is 0 Å². The molecule has 0 radical (unpaired) electrons. The molecule has 0 aromatic heterocycles. The smallest absolute Gasteiger partial charge is 0.416 e. The van der Waals surface area contributed by atoms with Crippen LogP contribution in [0.3, 0.4) is 0 Å². The molecule has 1 aromatic carbocycles. The molecule has 0 aliphatic carbocycles. The minimum atomic E-state index is -4.49. The van der Waals surface area contributed by atoms with Crippen LogP contribution in [0.25, 0.3) is 0 Å². The minimum absolute atomic E-state index is 0.0892. The molecule has 1 unspecified atom stereocenters. The molecule has 0 fully saturated rings. The Bertz CT molecular complexity index is 446. The number of carbonyl (C=O) groups is 1. The highest BCUT2D eigenvalue weighted by atomic mass is 79.9. The molecule has 0 heterocycles. The van der Waals surface area contributed by atoms with Crippen molar-refractivity contribution >= 4 is 37.6 Å². The van der Waals surface area contributed by atoms with Crippen LogP contribution < -0.4 is 4.74 Å². The molecule has 0 bridgehead atoms. The molecule has 0 N–H and O–H groups in total. The summed E-state index contributed by atoms with van der Waals surface area (Å²) in [4.78, 5) is 11.3. The summed E-state index contributed by atoms with van der Waals surface area (Å²) in [6.45, 7) is 0. The number of carbonyl (C=O) groups excluding carboxylic acids is 1. The second-order valence-corrected chi connectivity index (χ2v) is 5.15. The first kappa shape index (κ1) is 15.5. The molecule has 100 valence electrons. The van der Waals surface area contributed by atoms with Gasteiger partial charge in [-0.25, -0.2) is 0 Å². The van der Waals surface area contributed by atoms with Crippen molar-refractivity contribution in [3.8, 4) is 5.75 Å². The number of methoxy groups -OCH3 is 1. The molecule has 0 spiro atoms. The molecule has 1 atom stereocenters. The van der Waals surface area contributed by atoms with E-state index >= 15 is 0 Å². The molecule has 0 amide bonds. The lowest BCUT2D eigenvalue weighted by molar-refractivity contribution is -0.137. The van der Waals surface area contributed by atoms with E-state index in [1.807, 2.05) is 0 Å². The fraction of sp³-hybridized carbons (Fsp3) is 0.364. The Morgan fingerprint density at radius 2 is 2.06 bits per heavy atom. The number of hydrogen-bond acceptors (Lipinski definition) is 2. The van der Waals surface area contributed by atoms with E-state index in [0.29, 0.717) is 5.33 Å². The molecule has 0 aliphatic heterocycles. The lowest BCUT2D eigenvalue weighted by Gasteiger charge is -2.13. The van der Waals surface area contributed by atoms with Gasteiger partial charge in [0.05, 0.1) is 23.1 Å². The van der Waals surface area contributed by atoms with Crippen molar-refractivity contribution in [3.05, 3.63) is 29.3 Å². The maximum Gasteiger partial charge on any atom is 0.416 e. The van der Waals surface area contributed by atoms with Gasteiger partial charge in [-0.05, 0) is 18.2 Å². The third-order valence-electron chi connectivity index (χ3n) is 2.21. The molecule has 0 aliphatic rings. The summed E-state index contributed by atoms with van der Waals surface area (Å²) in [5, 5.41) is 0.297. The van der Waals surface area contributed by atoms with Crippen molar-refractivity contribution in [2.24, 2.45) is 0 Å². The second kappa shape index (κ2) is 6.06. The topological polar surface area (TPSA) is 26.3 Å². The molecule has 1 rings (SSSR count). The highest BCUT2D eigenvalue weighted by molar-refractivity contribution is 9.12. The molecular formula is C11H9Br2F3O2. The average Bonchev–Trinajstić information content (AvgIpc) is 2.35. The zero-order chi connectivity index (χ0) is 13.9. The van der Waals surface area contributed by atoms with E-state index in [9.17, 15) is 18.0 Å². The summed E-state index contributed by atoms with van der Waals surface area (Å²) in [5.74, 6) is -0.340. The van der Waals surface area contributed by atoms with Crippen LogP contribution in [-0.2, 0) is 6.18 Å². The van der Waals surface area contributed by atoms with Gasteiger partial charge in [0.25, 0.3) is 0 Å². The zero-order valence-corrected chi connectivity index (χ0v) is 12.4. The van der Waals surface area contributed by atoms with Crippen LogP contribution in [0.1, 0.15) is 15.9 Å². The summed E-state index contributed by atoms with van der Waals surface area (Å²) in [6, 6.07) is 2.83. The Kier molecular flexibility index (Phi) is 5.21. The van der Waals surface area contributed by atoms with E-state index in [1.54, 1.807) is 0 Å². The van der Waals surface area contributed by atoms with Crippen LogP contribution in [0.5, 0.6) is 5.75 Å². The maximum atomic E-state index is 12.6. The Morgan fingerprint density at radius 1 is 1.44 bits per heavy atom. The van der Waals surface area contributed by atoms with E-state index in [1.165, 1.54) is 7.11 Å². The molecule has 0 saturated heterocycles. The lowest BCUT2D eigenvalue weighted by atomic mass is 10.0. The van der Waals surface area contributed by atoms with Gasteiger partial charge >= 0.3 is 6.18 Å². The number of Topliss-reactive ketones (excluding diaryl/α,β-unsaturated/α-hetero) is 1. The van der Waals surface area contributed by atoms with E-state index in [-0.39, 0.29) is 11.3 Å². The fourth-order valence-corrected chi connectivity index (χ4v) is 1.86. The Balaban J connectivity index is 3.27. The first-order valence-electron chi connectivity index (χ1n) is 4.80. The third-order valence-corrected chi connectivity index (χ3v) is 4.47. The summed E-state index contributed by atoms with van der Waals surface area (Å²) in [5.41, 5.74) is -0.963. The summed E-state index contributed by atoms with van der Waals surface area (Å²) in [6.07, 6.45) is -4.49. The van der Waals surface area contributed by atoms with Crippen molar-refractivity contribution in [1.82, 2.24) is 0 Å². The molecule has 7 heteroatoms. The first-order chi connectivity index (χ1) is 8.31. The quantitative estimate of drug-likeness (QED) is 0.573. The van der Waals surface area contributed by atoms with Crippen LogP contribution in [-0.4, -0.2) is 23.1 Å². The summed E-state index contributed by atoms with van der Waals surface area (Å²) >= 11 is 6.17. The van der Waals surface area contributed by atoms with Gasteiger partial charge in [-0.3, -0.25) is 4.79 Å². The average molecular weight is 390 g/mol. The highest BCUT2D eigenvalue weighted by Gasteiger charge is 2.32. The third kappa shape index (κ3) is 3.47. The van der Waals surface area contributed by atoms with Crippen molar-refractivity contribution in [3.63, 3.8) is 0 Å². The predicted octanol–water partition coefficient (Wildman–Crippen LogP) is 4.06. The van der Waals surface area contributed by atoms with Gasteiger partial charge in [-0.1, -0.05) is 31.9 Å². The van der Waals surface area contributed by atoms with Gasteiger partial charge in [-0.2, -0.15) is 13.2 Å². The number of benzene rings is 1. The van der Waals surface area contributed by atoms with Crippen molar-refractivity contribution < 1.29 is 22.7 Å². The van der Waals surface area contributed by atoms with E-state index in [0.717, 1.165) is 18.2 Å². The highest BCUT2D eigenvalue weighted by Crippen LogP contribution is 2.33. The van der Waals surface area contributed by atoms with E-state index in [4.69, 9.17) is 4.74 Å². The van der Waals surface area contributed by atoms with Crippen molar-refractivity contribution in [2.75, 3.05) is 12.4 Å². The van der Waals surface area contributed by atoms with Crippen LogP contribution in [0.15, 0.2) is 18.2 Å². The molecule has 1 aromatic rings. The van der Waals surface area contributed by atoms with Gasteiger partial charge in [-0.15, -0.1) is 0 Å². The minimum Gasteiger partial charge on any atom is -0.496 e. The molecular weight excluding hydrogens is 381 g/mol. The maximum absolute atomic E-state index is 12.6. The van der Waals surface area contributed by atoms with Crippen LogP contribution in [0.4, 0.5) is 13.2 Å². The van der Waals surface area contributed by atoms with Gasteiger partial charge in [0.15, 0.2) is 5.78 Å². The van der Waals surface area contributed by atoms with Crippen molar-refractivity contribution in [2.45, 2.75) is 11.0 Å². The number of halogens is 5. The monoisotopic (exact) mass is 388 g/mol. The first-order valence-corrected chi connectivity index (χ1v) is 6.84. The number of rotatable bonds is 4. The number of alkyl halides is 5. The Hall–Kier alpha value is -0.560. The number of ketones is 1. The molecule has 2 nitrogen and oxygen atoms in total. The van der Waals surface area contributed by atoms with Crippen LogP contribution >= 0.6 is 31.9 Å². The molecule has 18 heavy (non-hydrogen) atoms. The predicted molar refractivity (Wildman–Crippen MR) is 68.8 cm³/mol.